The maximum Gasteiger partial charge on any atom is 0.142 e. The lowest BCUT2D eigenvalue weighted by Gasteiger charge is -2.48. The number of hydrogen-bond acceptors (Lipinski definition) is 4. The predicted octanol–water partition coefficient (Wildman–Crippen LogP) is 1.18. The molecule has 0 bridgehead atoms. The van der Waals surface area contributed by atoms with Gasteiger partial charge in [0.25, 0.3) is 0 Å². The van der Waals surface area contributed by atoms with Gasteiger partial charge in [0, 0.05) is 45.3 Å². The minimum absolute atomic E-state index is 0.719. The second kappa shape index (κ2) is 5.80. The molecule has 19 heavy (non-hydrogen) atoms. The lowest BCUT2D eigenvalue weighted by Crippen LogP contribution is -2.62. The highest BCUT2D eigenvalue weighted by atomic mass is 16.5. The number of anilines is 1. The van der Waals surface area contributed by atoms with Gasteiger partial charge in [0.2, 0.25) is 0 Å². The largest absolute Gasteiger partial charge is 0.492 e. The predicted molar refractivity (Wildman–Crippen MR) is 78.1 cm³/mol. The Morgan fingerprint density at radius 1 is 1.21 bits per heavy atom. The molecule has 0 radical (unpaired) electrons. The summed E-state index contributed by atoms with van der Waals surface area (Å²) in [4.78, 5) is 5.04. The van der Waals surface area contributed by atoms with E-state index in [0.717, 1.165) is 44.6 Å². The molecule has 2 aliphatic rings. The summed E-state index contributed by atoms with van der Waals surface area (Å²) in [5.41, 5.74) is 1.25. The smallest absolute Gasteiger partial charge is 0.142 e. The molecule has 3 rings (SSSR count). The van der Waals surface area contributed by atoms with E-state index in [4.69, 9.17) is 4.74 Å². The van der Waals surface area contributed by atoms with Crippen LogP contribution in [0.4, 0.5) is 5.69 Å². The number of nitrogens with zero attached hydrogens (tertiary/aromatic N) is 2. The molecule has 0 aliphatic carbocycles. The van der Waals surface area contributed by atoms with E-state index in [-0.39, 0.29) is 0 Å². The molecule has 2 saturated heterocycles. The highest BCUT2D eigenvalue weighted by Gasteiger charge is 2.33. The highest BCUT2D eigenvalue weighted by Crippen LogP contribution is 2.32. The maximum atomic E-state index is 5.71. The van der Waals surface area contributed by atoms with Gasteiger partial charge in [-0.15, -0.1) is 0 Å². The fourth-order valence-corrected chi connectivity index (χ4v) is 2.93. The van der Waals surface area contributed by atoms with Crippen molar-refractivity contribution in [2.24, 2.45) is 0 Å². The first-order valence-electron chi connectivity index (χ1n) is 7.30. The van der Waals surface area contributed by atoms with E-state index >= 15 is 0 Å². The molecule has 2 heterocycles. The third kappa shape index (κ3) is 2.69. The van der Waals surface area contributed by atoms with Crippen LogP contribution in [-0.2, 0) is 0 Å². The first-order valence-corrected chi connectivity index (χ1v) is 7.30. The van der Waals surface area contributed by atoms with Crippen molar-refractivity contribution in [1.82, 2.24) is 10.2 Å². The molecule has 104 valence electrons. The average Bonchev–Trinajstić information content (AvgIpc) is 2.41. The molecule has 0 unspecified atom stereocenters. The number of piperazine rings is 1. The molecular formula is C15H23N3O. The topological polar surface area (TPSA) is 27.7 Å². The Morgan fingerprint density at radius 3 is 2.68 bits per heavy atom. The lowest BCUT2D eigenvalue weighted by molar-refractivity contribution is 0.147. The van der Waals surface area contributed by atoms with Crippen molar-refractivity contribution < 1.29 is 4.74 Å². The lowest BCUT2D eigenvalue weighted by atomic mass is 10.0. The first kappa shape index (κ1) is 12.8. The van der Waals surface area contributed by atoms with Crippen LogP contribution in [0.1, 0.15) is 6.92 Å². The number of benzene rings is 1. The van der Waals surface area contributed by atoms with Crippen LogP contribution in [-0.4, -0.2) is 56.8 Å². The van der Waals surface area contributed by atoms with Gasteiger partial charge >= 0.3 is 0 Å². The Balaban J connectivity index is 1.60. The Bertz CT molecular complexity index is 412. The van der Waals surface area contributed by atoms with Crippen LogP contribution in [0.3, 0.4) is 0 Å². The summed E-state index contributed by atoms with van der Waals surface area (Å²) in [5.74, 6) is 1.02. The Morgan fingerprint density at radius 2 is 1.95 bits per heavy atom. The zero-order valence-electron chi connectivity index (χ0n) is 11.6. The zero-order chi connectivity index (χ0) is 13.1. The Labute approximate surface area is 115 Å². The van der Waals surface area contributed by atoms with E-state index in [9.17, 15) is 0 Å². The van der Waals surface area contributed by atoms with Crippen LogP contribution < -0.4 is 15.0 Å². The normalized spacial score (nSPS) is 21.2. The molecule has 0 aromatic heterocycles. The molecule has 1 aromatic rings. The monoisotopic (exact) mass is 261 g/mol. The first-order chi connectivity index (χ1) is 9.38. The van der Waals surface area contributed by atoms with Gasteiger partial charge in [0.15, 0.2) is 0 Å². The molecule has 1 N–H and O–H groups in total. The van der Waals surface area contributed by atoms with Gasteiger partial charge in [-0.2, -0.15) is 0 Å². The fourth-order valence-electron chi connectivity index (χ4n) is 2.93. The zero-order valence-corrected chi connectivity index (χ0v) is 11.6. The fraction of sp³-hybridized carbons (Fsp3) is 0.600. The van der Waals surface area contributed by atoms with Crippen molar-refractivity contribution in [3.8, 4) is 5.75 Å². The van der Waals surface area contributed by atoms with Gasteiger partial charge in [-0.3, -0.25) is 4.90 Å². The van der Waals surface area contributed by atoms with Gasteiger partial charge in [0.05, 0.1) is 12.3 Å². The summed E-state index contributed by atoms with van der Waals surface area (Å²) in [6, 6.07) is 9.09. The van der Waals surface area contributed by atoms with Gasteiger partial charge < -0.3 is 15.0 Å². The second-order valence-electron chi connectivity index (χ2n) is 5.25. The quantitative estimate of drug-likeness (QED) is 0.881. The van der Waals surface area contributed by atoms with Crippen molar-refractivity contribution in [1.29, 1.82) is 0 Å². The molecule has 4 heteroatoms. The van der Waals surface area contributed by atoms with Crippen LogP contribution in [0.15, 0.2) is 24.3 Å². The van der Waals surface area contributed by atoms with E-state index in [2.05, 4.69) is 33.3 Å². The minimum atomic E-state index is 0.719. The molecule has 0 spiro atoms. The SMILES string of the molecule is CCOc1ccccc1N1CC(N2CCNCC2)C1. The number of ether oxygens (including phenoxy) is 1. The van der Waals surface area contributed by atoms with Crippen LogP contribution in [0.5, 0.6) is 5.75 Å². The van der Waals surface area contributed by atoms with Crippen LogP contribution in [0, 0.1) is 0 Å². The van der Waals surface area contributed by atoms with Crippen LogP contribution in [0.2, 0.25) is 0 Å². The molecule has 0 saturated carbocycles. The standard InChI is InChI=1S/C15H23N3O/c1-2-19-15-6-4-3-5-14(15)18-11-13(12-18)17-9-7-16-8-10-17/h3-6,13,16H,2,7-12H2,1H3. The summed E-state index contributed by atoms with van der Waals surface area (Å²) in [6.07, 6.45) is 0. The number of hydrogen-bond donors (Lipinski definition) is 1. The summed E-state index contributed by atoms with van der Waals surface area (Å²) < 4.78 is 5.71. The van der Waals surface area contributed by atoms with E-state index in [0.29, 0.717) is 0 Å². The van der Waals surface area contributed by atoms with Crippen LogP contribution in [0.25, 0.3) is 0 Å². The number of rotatable bonds is 4. The molecule has 0 amide bonds. The van der Waals surface area contributed by atoms with Gasteiger partial charge in [0.1, 0.15) is 5.75 Å². The second-order valence-corrected chi connectivity index (χ2v) is 5.25. The third-order valence-corrected chi connectivity index (χ3v) is 4.04. The Hall–Kier alpha value is -1.26. The van der Waals surface area contributed by atoms with Gasteiger partial charge in [-0.25, -0.2) is 0 Å². The van der Waals surface area contributed by atoms with Gasteiger partial charge in [-0.05, 0) is 19.1 Å². The molecule has 4 nitrogen and oxygen atoms in total. The van der Waals surface area contributed by atoms with Gasteiger partial charge in [-0.1, -0.05) is 12.1 Å². The summed E-state index contributed by atoms with van der Waals surface area (Å²) in [6.45, 7) is 9.66. The van der Waals surface area contributed by atoms with E-state index < -0.39 is 0 Å². The third-order valence-electron chi connectivity index (χ3n) is 4.04. The number of nitrogens with one attached hydrogen (secondary N) is 1. The minimum Gasteiger partial charge on any atom is -0.492 e. The highest BCUT2D eigenvalue weighted by molar-refractivity contribution is 5.60. The van der Waals surface area contributed by atoms with Crippen molar-refractivity contribution in [2.45, 2.75) is 13.0 Å². The van der Waals surface area contributed by atoms with Crippen molar-refractivity contribution >= 4 is 5.69 Å². The summed E-state index contributed by atoms with van der Waals surface area (Å²) >= 11 is 0. The van der Waals surface area contributed by atoms with Crippen molar-refractivity contribution in [2.75, 3.05) is 50.8 Å². The maximum absolute atomic E-state index is 5.71. The van der Waals surface area contributed by atoms with Crippen molar-refractivity contribution in [3.05, 3.63) is 24.3 Å². The van der Waals surface area contributed by atoms with Crippen LogP contribution >= 0.6 is 0 Å². The molecular weight excluding hydrogens is 238 g/mol. The summed E-state index contributed by atoms with van der Waals surface area (Å²) in [7, 11) is 0. The molecule has 2 fully saturated rings. The summed E-state index contributed by atoms with van der Waals surface area (Å²) in [5, 5.41) is 3.41. The van der Waals surface area contributed by atoms with E-state index in [1.165, 1.54) is 18.8 Å². The van der Waals surface area contributed by atoms with E-state index in [1.54, 1.807) is 0 Å². The van der Waals surface area contributed by atoms with E-state index in [1.807, 2.05) is 13.0 Å². The molecule has 2 aliphatic heterocycles. The number of para-hydroxylation sites is 2. The molecule has 0 atom stereocenters. The Kier molecular flexibility index (Phi) is 3.89. The average molecular weight is 261 g/mol. The van der Waals surface area contributed by atoms with Crippen molar-refractivity contribution in [3.63, 3.8) is 0 Å². The molecule has 1 aromatic carbocycles.